The number of benzene rings is 1. The summed E-state index contributed by atoms with van der Waals surface area (Å²) in [5, 5.41) is 3.35. The van der Waals surface area contributed by atoms with Gasteiger partial charge >= 0.3 is 0 Å². The van der Waals surface area contributed by atoms with E-state index in [1.54, 1.807) is 11.3 Å². The molecule has 0 N–H and O–H groups in total. The Morgan fingerprint density at radius 2 is 1.89 bits per heavy atom. The molecule has 1 aromatic carbocycles. The van der Waals surface area contributed by atoms with Gasteiger partial charge in [-0.05, 0) is 29.9 Å². The van der Waals surface area contributed by atoms with Crippen LogP contribution < -0.4 is 0 Å². The number of aryl methyl sites for hydroxylation is 1. The predicted molar refractivity (Wildman–Crippen MR) is 84.9 cm³/mol. The molecule has 19 heavy (non-hydrogen) atoms. The second kappa shape index (κ2) is 5.68. The summed E-state index contributed by atoms with van der Waals surface area (Å²) in [6, 6.07) is 14.8. The summed E-state index contributed by atoms with van der Waals surface area (Å²) in [7, 11) is 0. The number of rotatable bonds is 4. The summed E-state index contributed by atoms with van der Waals surface area (Å²) in [4.78, 5) is 7.41. The van der Waals surface area contributed by atoms with Crippen molar-refractivity contribution in [3.63, 3.8) is 0 Å². The molecule has 2 aromatic heterocycles. The molecule has 0 spiro atoms. The summed E-state index contributed by atoms with van der Waals surface area (Å²) >= 11 is 3.59. The van der Waals surface area contributed by atoms with Crippen LogP contribution in [0.15, 0.2) is 47.8 Å². The number of nitrogens with zero attached hydrogens (tertiary/aromatic N) is 1. The van der Waals surface area contributed by atoms with Gasteiger partial charge in [0.15, 0.2) is 0 Å². The minimum Gasteiger partial charge on any atom is -0.240 e. The Morgan fingerprint density at radius 3 is 2.58 bits per heavy atom. The van der Waals surface area contributed by atoms with E-state index in [0.717, 1.165) is 18.5 Å². The lowest BCUT2D eigenvalue weighted by atomic mass is 10.1. The maximum Gasteiger partial charge on any atom is 0.0993 e. The van der Waals surface area contributed by atoms with Gasteiger partial charge in [-0.2, -0.15) is 0 Å². The molecule has 0 saturated heterocycles. The van der Waals surface area contributed by atoms with Crippen molar-refractivity contribution in [1.29, 1.82) is 0 Å². The number of thiophene rings is 1. The van der Waals surface area contributed by atoms with Crippen molar-refractivity contribution in [2.24, 2.45) is 0 Å². The fourth-order valence-corrected chi connectivity index (χ4v) is 4.02. The molecule has 0 radical (unpaired) electrons. The maximum atomic E-state index is 4.85. The topological polar surface area (TPSA) is 12.9 Å². The van der Waals surface area contributed by atoms with Crippen LogP contribution >= 0.6 is 22.7 Å². The molecule has 0 aliphatic heterocycles. The average Bonchev–Trinajstić information content (AvgIpc) is 3.08. The molecule has 0 unspecified atom stereocenters. The lowest BCUT2D eigenvalue weighted by Gasteiger charge is -1.99. The molecular formula is C16H15NS2. The fourth-order valence-electron chi connectivity index (χ4n) is 2.05. The molecule has 0 aliphatic rings. The van der Waals surface area contributed by atoms with Crippen molar-refractivity contribution in [2.45, 2.75) is 19.8 Å². The van der Waals surface area contributed by atoms with Gasteiger partial charge in [-0.15, -0.1) is 22.7 Å². The Labute approximate surface area is 121 Å². The second-order valence-corrected chi connectivity index (χ2v) is 6.41. The third-order valence-electron chi connectivity index (χ3n) is 2.93. The zero-order valence-electron chi connectivity index (χ0n) is 10.8. The molecular weight excluding hydrogens is 270 g/mol. The Kier molecular flexibility index (Phi) is 3.76. The van der Waals surface area contributed by atoms with Gasteiger partial charge in [-0.3, -0.25) is 0 Å². The number of aromatic nitrogens is 1. The van der Waals surface area contributed by atoms with Gasteiger partial charge < -0.3 is 0 Å². The molecule has 0 aliphatic carbocycles. The molecule has 96 valence electrons. The van der Waals surface area contributed by atoms with Crippen molar-refractivity contribution in [1.82, 2.24) is 4.98 Å². The number of hydrogen-bond donors (Lipinski definition) is 0. The lowest BCUT2D eigenvalue weighted by molar-refractivity contribution is 0.910. The van der Waals surface area contributed by atoms with E-state index in [1.165, 1.54) is 20.3 Å². The molecule has 3 rings (SSSR count). The van der Waals surface area contributed by atoms with Crippen LogP contribution in [0.2, 0.25) is 0 Å². The Balaban J connectivity index is 2.12. The minimum absolute atomic E-state index is 1.07. The first kappa shape index (κ1) is 12.6. The summed E-state index contributed by atoms with van der Waals surface area (Å²) in [6.07, 6.45) is 2.21. The highest BCUT2D eigenvalue weighted by Crippen LogP contribution is 2.38. The molecule has 3 heteroatoms. The van der Waals surface area contributed by atoms with Crippen LogP contribution in [0.5, 0.6) is 0 Å². The molecule has 0 fully saturated rings. The van der Waals surface area contributed by atoms with Crippen LogP contribution in [0.3, 0.4) is 0 Å². The van der Waals surface area contributed by atoms with E-state index in [0.29, 0.717) is 0 Å². The highest BCUT2D eigenvalue weighted by atomic mass is 32.1. The lowest BCUT2D eigenvalue weighted by Crippen LogP contribution is -1.81. The fraction of sp³-hybridized carbons (Fsp3) is 0.188. The van der Waals surface area contributed by atoms with Crippen molar-refractivity contribution in [3.05, 3.63) is 52.9 Å². The van der Waals surface area contributed by atoms with Crippen LogP contribution in [0.25, 0.3) is 21.0 Å². The normalized spacial score (nSPS) is 10.8. The van der Waals surface area contributed by atoms with E-state index in [9.17, 15) is 0 Å². The Bertz CT molecular complexity index is 639. The molecule has 0 saturated carbocycles. The zero-order valence-corrected chi connectivity index (χ0v) is 12.4. The van der Waals surface area contributed by atoms with Gasteiger partial charge in [0.05, 0.1) is 20.5 Å². The zero-order chi connectivity index (χ0) is 13.1. The van der Waals surface area contributed by atoms with Crippen LogP contribution in [0.1, 0.15) is 18.4 Å². The van der Waals surface area contributed by atoms with Gasteiger partial charge in [-0.25, -0.2) is 4.98 Å². The summed E-state index contributed by atoms with van der Waals surface area (Å²) in [5.41, 5.74) is 2.42. The standard InChI is InChI=1S/C16H15NS2/c1-2-7-14-17-15(13-10-6-11-18-13)16(19-14)12-8-4-3-5-9-12/h3-6,8-11H,2,7H2,1H3. The first-order valence-corrected chi connectivity index (χ1v) is 8.17. The number of thiazole rings is 1. The van der Waals surface area contributed by atoms with E-state index >= 15 is 0 Å². The molecule has 0 bridgehead atoms. The van der Waals surface area contributed by atoms with Gasteiger partial charge in [0, 0.05) is 0 Å². The number of hydrogen-bond acceptors (Lipinski definition) is 3. The van der Waals surface area contributed by atoms with Gasteiger partial charge in [0.1, 0.15) is 0 Å². The third kappa shape index (κ3) is 2.62. The van der Waals surface area contributed by atoms with Crippen LogP contribution in [0, 0.1) is 0 Å². The van der Waals surface area contributed by atoms with Crippen LogP contribution in [-0.2, 0) is 6.42 Å². The quantitative estimate of drug-likeness (QED) is 0.617. The Morgan fingerprint density at radius 1 is 1.05 bits per heavy atom. The van der Waals surface area contributed by atoms with E-state index in [2.05, 4.69) is 54.8 Å². The van der Waals surface area contributed by atoms with E-state index in [-0.39, 0.29) is 0 Å². The SMILES string of the molecule is CCCc1nc(-c2cccs2)c(-c2ccccc2)s1. The smallest absolute Gasteiger partial charge is 0.0993 e. The van der Waals surface area contributed by atoms with Crippen molar-refractivity contribution < 1.29 is 0 Å². The molecule has 0 amide bonds. The molecule has 0 atom stereocenters. The van der Waals surface area contributed by atoms with Crippen molar-refractivity contribution in [2.75, 3.05) is 0 Å². The summed E-state index contributed by atoms with van der Waals surface area (Å²) in [5.74, 6) is 0. The minimum atomic E-state index is 1.07. The molecule has 2 heterocycles. The predicted octanol–water partition coefficient (Wildman–Crippen LogP) is 5.49. The van der Waals surface area contributed by atoms with Gasteiger partial charge in [-0.1, -0.05) is 43.3 Å². The average molecular weight is 285 g/mol. The largest absolute Gasteiger partial charge is 0.240 e. The maximum absolute atomic E-state index is 4.85. The monoisotopic (exact) mass is 285 g/mol. The highest BCUT2D eigenvalue weighted by molar-refractivity contribution is 7.17. The van der Waals surface area contributed by atoms with E-state index in [4.69, 9.17) is 4.98 Å². The first-order chi connectivity index (χ1) is 9.38. The van der Waals surface area contributed by atoms with Crippen LogP contribution in [0.4, 0.5) is 0 Å². The molecule has 1 nitrogen and oxygen atoms in total. The van der Waals surface area contributed by atoms with Gasteiger partial charge in [0.25, 0.3) is 0 Å². The third-order valence-corrected chi connectivity index (χ3v) is 4.97. The Hall–Kier alpha value is -1.45. The molecule has 3 aromatic rings. The van der Waals surface area contributed by atoms with Crippen LogP contribution in [-0.4, -0.2) is 4.98 Å². The second-order valence-electron chi connectivity index (χ2n) is 4.38. The first-order valence-electron chi connectivity index (χ1n) is 6.47. The van der Waals surface area contributed by atoms with Crippen molar-refractivity contribution in [3.8, 4) is 21.0 Å². The summed E-state index contributed by atoms with van der Waals surface area (Å²) in [6.45, 7) is 2.20. The highest BCUT2D eigenvalue weighted by Gasteiger charge is 2.14. The van der Waals surface area contributed by atoms with Crippen molar-refractivity contribution >= 4 is 22.7 Å². The van der Waals surface area contributed by atoms with Gasteiger partial charge in [0.2, 0.25) is 0 Å². The summed E-state index contributed by atoms with van der Waals surface area (Å²) < 4.78 is 0. The van der Waals surface area contributed by atoms with E-state index in [1.807, 2.05) is 11.3 Å². The van der Waals surface area contributed by atoms with E-state index < -0.39 is 0 Å².